The van der Waals surface area contributed by atoms with Gasteiger partial charge in [-0.05, 0) is 56.2 Å². The second-order valence-corrected chi connectivity index (χ2v) is 6.62. The minimum Gasteiger partial charge on any atom is -0.389 e. The first-order valence-corrected chi connectivity index (χ1v) is 8.22. The Kier molecular flexibility index (Phi) is 6.34. The summed E-state index contributed by atoms with van der Waals surface area (Å²) in [5.41, 5.74) is 1.98. The van der Waals surface area contributed by atoms with Crippen molar-refractivity contribution in [3.8, 4) is 0 Å². The Morgan fingerprint density at radius 3 is 2.71 bits per heavy atom. The lowest BCUT2D eigenvalue weighted by atomic mass is 9.89. The summed E-state index contributed by atoms with van der Waals surface area (Å²) >= 11 is 6.08. The molecular weight excluding hydrogens is 286 g/mol. The molecule has 1 unspecified atom stereocenters. The van der Waals surface area contributed by atoms with Crippen LogP contribution >= 0.6 is 11.6 Å². The third kappa shape index (κ3) is 5.50. The zero-order valence-corrected chi connectivity index (χ0v) is 13.7. The number of nitrogens with one attached hydrogen (secondary N) is 1. The average molecular weight is 312 g/mol. The van der Waals surface area contributed by atoms with Crippen molar-refractivity contribution < 1.29 is 9.84 Å². The summed E-state index contributed by atoms with van der Waals surface area (Å²) in [6, 6.07) is 5.82. The van der Waals surface area contributed by atoms with Gasteiger partial charge >= 0.3 is 0 Å². The number of aliphatic hydroxyl groups excluding tert-OH is 1. The van der Waals surface area contributed by atoms with Gasteiger partial charge < -0.3 is 15.2 Å². The number of aryl methyl sites for hydroxylation is 1. The fraction of sp³-hybridized carbons (Fsp3) is 0.647. The monoisotopic (exact) mass is 311 g/mol. The van der Waals surface area contributed by atoms with Crippen LogP contribution in [0.25, 0.3) is 0 Å². The van der Waals surface area contributed by atoms with Crippen molar-refractivity contribution in [2.75, 3.05) is 18.5 Å². The van der Waals surface area contributed by atoms with Crippen LogP contribution < -0.4 is 5.32 Å². The molecule has 1 aromatic rings. The maximum atomic E-state index is 10.00. The van der Waals surface area contributed by atoms with E-state index in [1.54, 1.807) is 0 Å². The molecule has 0 amide bonds. The van der Waals surface area contributed by atoms with Crippen LogP contribution in [-0.2, 0) is 4.74 Å². The zero-order valence-electron chi connectivity index (χ0n) is 12.9. The van der Waals surface area contributed by atoms with E-state index in [4.69, 9.17) is 16.3 Å². The van der Waals surface area contributed by atoms with Gasteiger partial charge in [0.2, 0.25) is 0 Å². The van der Waals surface area contributed by atoms with Crippen LogP contribution in [0.2, 0.25) is 5.02 Å². The van der Waals surface area contributed by atoms with E-state index in [0.29, 0.717) is 19.3 Å². The molecule has 2 N–H and O–H groups in total. The number of ether oxygens (including phenoxy) is 1. The molecule has 1 aliphatic carbocycles. The molecule has 1 aliphatic rings. The van der Waals surface area contributed by atoms with E-state index < -0.39 is 6.10 Å². The lowest BCUT2D eigenvalue weighted by molar-refractivity contribution is -0.0245. The molecule has 1 fully saturated rings. The second kappa shape index (κ2) is 8.02. The number of halogens is 1. The molecule has 2 rings (SSSR count). The first-order valence-electron chi connectivity index (χ1n) is 7.84. The van der Waals surface area contributed by atoms with Crippen LogP contribution in [0.15, 0.2) is 18.2 Å². The summed E-state index contributed by atoms with van der Waals surface area (Å²) in [5, 5.41) is 13.9. The Morgan fingerprint density at radius 2 is 2.05 bits per heavy atom. The van der Waals surface area contributed by atoms with E-state index in [1.165, 1.54) is 12.8 Å². The first-order chi connectivity index (χ1) is 10.0. The van der Waals surface area contributed by atoms with Crippen LogP contribution in [0.3, 0.4) is 0 Å². The fourth-order valence-corrected chi connectivity index (χ4v) is 2.82. The number of rotatable bonds is 6. The number of hydrogen-bond acceptors (Lipinski definition) is 3. The summed E-state index contributed by atoms with van der Waals surface area (Å²) in [7, 11) is 0. The molecule has 0 aliphatic heterocycles. The molecule has 0 bridgehead atoms. The highest BCUT2D eigenvalue weighted by atomic mass is 35.5. The van der Waals surface area contributed by atoms with Crippen LogP contribution in [0.4, 0.5) is 5.69 Å². The lowest BCUT2D eigenvalue weighted by Gasteiger charge is -2.27. The van der Waals surface area contributed by atoms with Gasteiger partial charge in [0.15, 0.2) is 0 Å². The molecule has 1 aromatic carbocycles. The van der Waals surface area contributed by atoms with Crippen molar-refractivity contribution in [2.24, 2.45) is 5.92 Å². The second-order valence-electron chi connectivity index (χ2n) is 6.21. The minimum atomic E-state index is -0.496. The van der Waals surface area contributed by atoms with Gasteiger partial charge in [-0.15, -0.1) is 0 Å². The van der Waals surface area contributed by atoms with Gasteiger partial charge in [-0.25, -0.2) is 0 Å². The molecule has 0 heterocycles. The summed E-state index contributed by atoms with van der Waals surface area (Å²) < 4.78 is 5.81. The molecule has 1 saturated carbocycles. The molecule has 0 spiro atoms. The molecule has 1 atom stereocenters. The number of benzene rings is 1. The number of anilines is 1. The minimum absolute atomic E-state index is 0.324. The van der Waals surface area contributed by atoms with Crippen LogP contribution in [0, 0.1) is 12.8 Å². The first kappa shape index (κ1) is 16.6. The number of aliphatic hydroxyl groups is 1. The zero-order chi connectivity index (χ0) is 15.2. The standard InChI is InChI=1S/C17H26ClNO2/c1-12-3-7-16(8-4-12)21-11-15(20)10-19-14-6-5-13(2)17(18)9-14/h5-6,9,12,15-16,19-20H,3-4,7-8,10-11H2,1-2H3. The molecule has 4 heteroatoms. The molecular formula is C17H26ClNO2. The van der Waals surface area contributed by atoms with Gasteiger partial charge in [-0.2, -0.15) is 0 Å². The van der Waals surface area contributed by atoms with E-state index in [1.807, 2.05) is 25.1 Å². The van der Waals surface area contributed by atoms with Crippen molar-refractivity contribution in [1.82, 2.24) is 0 Å². The average Bonchev–Trinajstić information content (AvgIpc) is 2.48. The normalized spacial score (nSPS) is 23.8. The SMILES string of the molecule is Cc1ccc(NCC(O)COC2CCC(C)CC2)cc1Cl. The Balaban J connectivity index is 1.67. The smallest absolute Gasteiger partial charge is 0.0945 e. The van der Waals surface area contributed by atoms with Crippen molar-refractivity contribution in [2.45, 2.75) is 51.7 Å². The Bertz CT molecular complexity index is 444. The van der Waals surface area contributed by atoms with Gasteiger partial charge in [0.05, 0.1) is 18.8 Å². The molecule has 0 saturated heterocycles. The third-order valence-corrected chi connectivity index (χ3v) is 4.61. The lowest BCUT2D eigenvalue weighted by Crippen LogP contribution is -2.29. The van der Waals surface area contributed by atoms with Crippen molar-refractivity contribution in [3.05, 3.63) is 28.8 Å². The van der Waals surface area contributed by atoms with Crippen molar-refractivity contribution in [3.63, 3.8) is 0 Å². The molecule has 0 aromatic heterocycles. The Labute approximate surface area is 132 Å². The maximum absolute atomic E-state index is 10.00. The molecule has 21 heavy (non-hydrogen) atoms. The highest BCUT2D eigenvalue weighted by Gasteiger charge is 2.19. The quantitative estimate of drug-likeness (QED) is 0.834. The third-order valence-electron chi connectivity index (χ3n) is 4.20. The van der Waals surface area contributed by atoms with Crippen LogP contribution in [-0.4, -0.2) is 30.5 Å². The topological polar surface area (TPSA) is 41.5 Å². The van der Waals surface area contributed by atoms with Gasteiger partial charge in [-0.1, -0.05) is 24.6 Å². The molecule has 3 nitrogen and oxygen atoms in total. The summed E-state index contributed by atoms with van der Waals surface area (Å²) in [4.78, 5) is 0. The highest BCUT2D eigenvalue weighted by molar-refractivity contribution is 6.31. The largest absolute Gasteiger partial charge is 0.389 e. The Hall–Kier alpha value is -0.770. The van der Waals surface area contributed by atoms with Crippen LogP contribution in [0.5, 0.6) is 0 Å². The maximum Gasteiger partial charge on any atom is 0.0945 e. The summed E-state index contributed by atoms with van der Waals surface area (Å²) in [5.74, 6) is 0.822. The highest BCUT2D eigenvalue weighted by Crippen LogP contribution is 2.25. The van der Waals surface area contributed by atoms with E-state index in [0.717, 1.165) is 35.0 Å². The molecule has 118 valence electrons. The fourth-order valence-electron chi connectivity index (χ4n) is 2.64. The molecule has 0 radical (unpaired) electrons. The van der Waals surface area contributed by atoms with E-state index in [-0.39, 0.29) is 0 Å². The Morgan fingerprint density at radius 1 is 1.33 bits per heavy atom. The van der Waals surface area contributed by atoms with Crippen LogP contribution in [0.1, 0.15) is 38.2 Å². The van der Waals surface area contributed by atoms with E-state index >= 15 is 0 Å². The van der Waals surface area contributed by atoms with Gasteiger partial charge in [0, 0.05) is 17.3 Å². The number of hydrogen-bond donors (Lipinski definition) is 2. The van der Waals surface area contributed by atoms with Gasteiger partial charge in [-0.3, -0.25) is 0 Å². The summed E-state index contributed by atoms with van der Waals surface area (Å²) in [6.45, 7) is 5.13. The predicted molar refractivity (Wildman–Crippen MR) is 88.1 cm³/mol. The van der Waals surface area contributed by atoms with E-state index in [2.05, 4.69) is 12.2 Å². The van der Waals surface area contributed by atoms with E-state index in [9.17, 15) is 5.11 Å². The predicted octanol–water partition coefficient (Wildman–Crippen LogP) is 4.02. The van der Waals surface area contributed by atoms with Gasteiger partial charge in [0.25, 0.3) is 0 Å². The van der Waals surface area contributed by atoms with Gasteiger partial charge in [0.1, 0.15) is 0 Å². The van der Waals surface area contributed by atoms with Crippen molar-refractivity contribution in [1.29, 1.82) is 0 Å². The summed E-state index contributed by atoms with van der Waals surface area (Å²) in [6.07, 6.45) is 4.54. The van der Waals surface area contributed by atoms with Crippen molar-refractivity contribution >= 4 is 17.3 Å².